The van der Waals surface area contributed by atoms with E-state index in [0.717, 1.165) is 0 Å². The fourth-order valence-corrected chi connectivity index (χ4v) is 2.73. The van der Waals surface area contributed by atoms with Crippen molar-refractivity contribution in [3.05, 3.63) is 29.8 Å². The quantitative estimate of drug-likeness (QED) is 0.452. The number of nitrogens with one attached hydrogen (secondary N) is 1. The fourth-order valence-electron chi connectivity index (χ4n) is 2.73. The second-order valence-corrected chi connectivity index (χ2v) is 5.99. The van der Waals surface area contributed by atoms with E-state index in [2.05, 4.69) is 5.32 Å². The van der Waals surface area contributed by atoms with Gasteiger partial charge in [-0.05, 0) is 24.6 Å². The van der Waals surface area contributed by atoms with Crippen molar-refractivity contribution in [3.63, 3.8) is 0 Å². The number of nitrogens with zero attached hydrogens (tertiary/aromatic N) is 1. The highest BCUT2D eigenvalue weighted by atomic mass is 16.6. The minimum atomic E-state index is -1.22. The van der Waals surface area contributed by atoms with E-state index in [4.69, 9.17) is 9.47 Å². The van der Waals surface area contributed by atoms with E-state index < -0.39 is 30.0 Å². The van der Waals surface area contributed by atoms with Gasteiger partial charge in [0.05, 0.1) is 19.8 Å². The van der Waals surface area contributed by atoms with Crippen molar-refractivity contribution in [2.45, 2.75) is 32.9 Å². The first kappa shape index (κ1) is 23.4. The summed E-state index contributed by atoms with van der Waals surface area (Å²) in [7, 11) is 0. The van der Waals surface area contributed by atoms with Crippen LogP contribution in [0.4, 0.5) is 5.69 Å². The van der Waals surface area contributed by atoms with E-state index in [1.165, 1.54) is 13.8 Å². The fraction of sp³-hybridized carbons (Fsp3) is 0.526. The second-order valence-electron chi connectivity index (χ2n) is 5.99. The minimum Gasteiger partial charge on any atom is -0.464 e. The number of carbonyl (C=O) groups excluding carboxylic acids is 3. The molecule has 28 heavy (non-hydrogen) atoms. The Morgan fingerprint density at radius 1 is 1.14 bits per heavy atom. The molecule has 0 fully saturated rings. The van der Waals surface area contributed by atoms with Crippen molar-refractivity contribution in [2.75, 3.05) is 37.8 Å². The first-order valence-corrected chi connectivity index (χ1v) is 9.01. The van der Waals surface area contributed by atoms with Gasteiger partial charge in [0, 0.05) is 32.6 Å². The molecule has 1 aromatic rings. The molecule has 3 N–H and O–H groups in total. The van der Waals surface area contributed by atoms with Crippen LogP contribution in [0.5, 0.6) is 0 Å². The van der Waals surface area contributed by atoms with Crippen molar-refractivity contribution in [3.8, 4) is 0 Å². The molecule has 1 amide bonds. The Bertz CT molecular complexity index is 659. The molecule has 1 aromatic carbocycles. The predicted molar refractivity (Wildman–Crippen MR) is 102 cm³/mol. The summed E-state index contributed by atoms with van der Waals surface area (Å²) in [6.45, 7) is 4.52. The zero-order valence-corrected chi connectivity index (χ0v) is 16.4. The van der Waals surface area contributed by atoms with Crippen LogP contribution in [0.15, 0.2) is 24.3 Å². The van der Waals surface area contributed by atoms with Gasteiger partial charge in [0.15, 0.2) is 12.1 Å². The van der Waals surface area contributed by atoms with Crippen LogP contribution in [0.25, 0.3) is 0 Å². The van der Waals surface area contributed by atoms with Gasteiger partial charge in [-0.1, -0.05) is 12.1 Å². The van der Waals surface area contributed by atoms with E-state index in [9.17, 15) is 24.6 Å². The van der Waals surface area contributed by atoms with Crippen LogP contribution in [-0.2, 0) is 23.9 Å². The number of hydrogen-bond acceptors (Lipinski definition) is 8. The van der Waals surface area contributed by atoms with Crippen molar-refractivity contribution in [2.24, 2.45) is 0 Å². The number of anilines is 1. The van der Waals surface area contributed by atoms with Gasteiger partial charge in [-0.25, -0.2) is 4.79 Å². The lowest BCUT2D eigenvalue weighted by Gasteiger charge is -2.28. The Morgan fingerprint density at radius 2 is 1.79 bits per heavy atom. The molecule has 0 aromatic heterocycles. The Morgan fingerprint density at radius 3 is 2.29 bits per heavy atom. The summed E-state index contributed by atoms with van der Waals surface area (Å²) in [5.41, 5.74) is 1.11. The highest BCUT2D eigenvalue weighted by Crippen LogP contribution is 2.27. The van der Waals surface area contributed by atoms with Crippen LogP contribution in [0.3, 0.4) is 0 Å². The second kappa shape index (κ2) is 11.9. The maximum Gasteiger partial charge on any atom is 0.332 e. The lowest BCUT2D eigenvalue weighted by atomic mass is 10.0. The summed E-state index contributed by atoms with van der Waals surface area (Å²) >= 11 is 0. The lowest BCUT2D eigenvalue weighted by Crippen LogP contribution is -2.46. The van der Waals surface area contributed by atoms with Gasteiger partial charge < -0.3 is 29.9 Å². The van der Waals surface area contributed by atoms with Crippen molar-refractivity contribution >= 4 is 23.5 Å². The van der Waals surface area contributed by atoms with Gasteiger partial charge in [0.25, 0.3) is 0 Å². The first-order chi connectivity index (χ1) is 13.3. The number of rotatable bonds is 11. The number of aliphatic hydroxyl groups excluding tert-OH is 2. The summed E-state index contributed by atoms with van der Waals surface area (Å²) in [5.74, 6) is -1.83. The molecule has 2 atom stereocenters. The monoisotopic (exact) mass is 396 g/mol. The van der Waals surface area contributed by atoms with Crippen LogP contribution in [0, 0.1) is 0 Å². The molecule has 0 radical (unpaired) electrons. The van der Waals surface area contributed by atoms with Crippen molar-refractivity contribution in [1.29, 1.82) is 0 Å². The van der Waals surface area contributed by atoms with Crippen LogP contribution >= 0.6 is 0 Å². The SMILES string of the molecule is CCOC(=O)[C@@H](NC(C)=O)[C@@H](OC(C)=O)c1cccc(N(CCO)CCO)c1. The van der Waals surface area contributed by atoms with E-state index in [1.807, 2.05) is 0 Å². The van der Waals surface area contributed by atoms with Gasteiger partial charge in [0.1, 0.15) is 0 Å². The Kier molecular flexibility index (Phi) is 9.97. The third kappa shape index (κ3) is 7.16. The molecule has 0 saturated carbocycles. The molecular weight excluding hydrogens is 368 g/mol. The maximum absolute atomic E-state index is 12.4. The first-order valence-electron chi connectivity index (χ1n) is 9.01. The molecule has 9 nitrogen and oxygen atoms in total. The van der Waals surface area contributed by atoms with Crippen molar-refractivity contribution in [1.82, 2.24) is 5.32 Å². The molecule has 0 aliphatic carbocycles. The number of hydrogen-bond donors (Lipinski definition) is 3. The zero-order valence-electron chi connectivity index (χ0n) is 16.4. The molecule has 0 aliphatic rings. The number of benzene rings is 1. The van der Waals surface area contributed by atoms with E-state index in [-0.39, 0.29) is 32.9 Å². The summed E-state index contributed by atoms with van der Waals surface area (Å²) in [6.07, 6.45) is -1.11. The number of amides is 1. The largest absolute Gasteiger partial charge is 0.464 e. The van der Waals surface area contributed by atoms with Crippen LogP contribution in [0.2, 0.25) is 0 Å². The van der Waals surface area contributed by atoms with Gasteiger partial charge >= 0.3 is 11.9 Å². The van der Waals surface area contributed by atoms with Crippen LogP contribution < -0.4 is 10.2 Å². The third-order valence-corrected chi connectivity index (χ3v) is 3.80. The van der Waals surface area contributed by atoms with Crippen molar-refractivity contribution < 1.29 is 34.1 Å². The molecule has 0 spiro atoms. The molecule has 156 valence electrons. The Hall–Kier alpha value is -2.65. The normalized spacial score (nSPS) is 12.6. The number of carbonyl (C=O) groups is 3. The minimum absolute atomic E-state index is 0.0997. The summed E-state index contributed by atoms with van der Waals surface area (Å²) in [5, 5.41) is 21.0. The molecule has 9 heteroatoms. The smallest absolute Gasteiger partial charge is 0.332 e. The van der Waals surface area contributed by atoms with Gasteiger partial charge in [-0.15, -0.1) is 0 Å². The standard InChI is InChI=1S/C19H28N2O7/c1-4-27-19(26)17(20-13(2)24)18(28-14(3)25)15-6-5-7-16(12-15)21(8-10-22)9-11-23/h5-7,12,17-18,22-23H,4,8-11H2,1-3H3,(H,20,24)/t17-,18-/m0/s1. The van der Waals surface area contributed by atoms with E-state index in [0.29, 0.717) is 11.3 Å². The van der Waals surface area contributed by atoms with Gasteiger partial charge in [0.2, 0.25) is 5.91 Å². The molecule has 0 unspecified atom stereocenters. The third-order valence-electron chi connectivity index (χ3n) is 3.80. The predicted octanol–water partition coefficient (Wildman–Crippen LogP) is 0.150. The molecule has 1 rings (SSSR count). The van der Waals surface area contributed by atoms with Crippen LogP contribution in [-0.4, -0.2) is 67.0 Å². The van der Waals surface area contributed by atoms with E-state index in [1.54, 1.807) is 36.1 Å². The average molecular weight is 396 g/mol. The zero-order chi connectivity index (χ0) is 21.1. The summed E-state index contributed by atoms with van der Waals surface area (Å²) in [6, 6.07) is 5.56. The highest BCUT2D eigenvalue weighted by molar-refractivity contribution is 5.84. The number of esters is 2. The number of aliphatic hydroxyl groups is 2. The van der Waals surface area contributed by atoms with Gasteiger partial charge in [-0.3, -0.25) is 9.59 Å². The molecule has 0 heterocycles. The summed E-state index contributed by atoms with van der Waals surface area (Å²) in [4.78, 5) is 37.4. The average Bonchev–Trinajstić information content (AvgIpc) is 2.64. The molecular formula is C19H28N2O7. The van der Waals surface area contributed by atoms with E-state index >= 15 is 0 Å². The molecule has 0 aliphatic heterocycles. The maximum atomic E-state index is 12.4. The van der Waals surface area contributed by atoms with Gasteiger partial charge in [-0.2, -0.15) is 0 Å². The molecule has 0 bridgehead atoms. The topological polar surface area (TPSA) is 125 Å². The highest BCUT2D eigenvalue weighted by Gasteiger charge is 2.34. The number of ether oxygens (including phenoxy) is 2. The Labute approximate surface area is 164 Å². The lowest BCUT2D eigenvalue weighted by molar-refractivity contribution is -0.159. The Balaban J connectivity index is 3.33. The molecule has 0 saturated heterocycles. The van der Waals surface area contributed by atoms with Crippen LogP contribution in [0.1, 0.15) is 32.4 Å². The summed E-state index contributed by atoms with van der Waals surface area (Å²) < 4.78 is 10.4.